The lowest BCUT2D eigenvalue weighted by Gasteiger charge is -2.14. The van der Waals surface area contributed by atoms with E-state index in [0.29, 0.717) is 10.8 Å². The van der Waals surface area contributed by atoms with E-state index in [1.165, 1.54) is 11.3 Å². The van der Waals surface area contributed by atoms with Crippen LogP contribution in [-0.4, -0.2) is 21.0 Å². The Labute approximate surface area is 94.5 Å². The third-order valence-electron chi connectivity index (χ3n) is 2.00. The first-order valence-corrected chi connectivity index (χ1v) is 7.22. The molecule has 0 aliphatic heterocycles. The van der Waals surface area contributed by atoms with Gasteiger partial charge in [-0.1, -0.05) is 19.4 Å². The Hall–Kier alpha value is -0.430. The Morgan fingerprint density at radius 2 is 2.33 bits per heavy atom. The van der Waals surface area contributed by atoms with Crippen molar-refractivity contribution in [1.82, 2.24) is 4.72 Å². The number of nitrogens with one attached hydrogen (secondary N) is 1. The van der Waals surface area contributed by atoms with Crippen LogP contribution in [0, 0.1) is 0 Å². The first-order valence-electron chi connectivity index (χ1n) is 4.86. The Balaban J connectivity index is 2.72. The lowest BCUT2D eigenvalue weighted by Crippen LogP contribution is -2.39. The number of hydrogen-bond donors (Lipinski definition) is 2. The minimum absolute atomic E-state index is 0.165. The first kappa shape index (κ1) is 12.6. The zero-order chi connectivity index (χ0) is 11.3. The van der Waals surface area contributed by atoms with E-state index in [0.717, 1.165) is 12.8 Å². The van der Waals surface area contributed by atoms with E-state index < -0.39 is 10.0 Å². The summed E-state index contributed by atoms with van der Waals surface area (Å²) >= 11 is 1.21. The standard InChI is InChI=1S/C9H16N2O2S2/c1-2-4-8(7-10)11-15(12,13)9-5-3-6-14-9/h3,5-6,8,11H,2,4,7,10H2,1H3. The van der Waals surface area contributed by atoms with Crippen LogP contribution >= 0.6 is 11.3 Å². The van der Waals surface area contributed by atoms with E-state index in [1.54, 1.807) is 17.5 Å². The average molecular weight is 248 g/mol. The number of hydrogen-bond acceptors (Lipinski definition) is 4. The van der Waals surface area contributed by atoms with Gasteiger partial charge >= 0.3 is 0 Å². The minimum atomic E-state index is -3.36. The molecule has 1 heterocycles. The normalized spacial score (nSPS) is 14.0. The molecule has 0 aromatic carbocycles. The smallest absolute Gasteiger partial charge is 0.250 e. The molecule has 1 aromatic rings. The maximum absolute atomic E-state index is 11.8. The summed E-state index contributed by atoms with van der Waals surface area (Å²) in [6.07, 6.45) is 1.68. The van der Waals surface area contributed by atoms with Crippen LogP contribution in [0.2, 0.25) is 0 Å². The predicted molar refractivity (Wildman–Crippen MR) is 62.4 cm³/mol. The maximum atomic E-state index is 11.8. The highest BCUT2D eigenvalue weighted by Crippen LogP contribution is 2.16. The van der Waals surface area contributed by atoms with Gasteiger partial charge in [0.25, 0.3) is 0 Å². The number of rotatable bonds is 6. The highest BCUT2D eigenvalue weighted by atomic mass is 32.2. The summed E-state index contributed by atoms with van der Waals surface area (Å²) < 4.78 is 26.5. The van der Waals surface area contributed by atoms with Gasteiger partial charge in [-0.2, -0.15) is 0 Å². The molecule has 0 aliphatic rings. The fourth-order valence-corrected chi connectivity index (χ4v) is 3.56. The van der Waals surface area contributed by atoms with Crippen LogP contribution in [-0.2, 0) is 10.0 Å². The second-order valence-electron chi connectivity index (χ2n) is 3.27. The van der Waals surface area contributed by atoms with E-state index in [4.69, 9.17) is 5.73 Å². The van der Waals surface area contributed by atoms with E-state index in [-0.39, 0.29) is 6.04 Å². The highest BCUT2D eigenvalue weighted by Gasteiger charge is 2.19. The molecule has 4 nitrogen and oxygen atoms in total. The molecule has 0 aliphatic carbocycles. The van der Waals surface area contributed by atoms with Gasteiger partial charge in [0.2, 0.25) is 10.0 Å². The fraction of sp³-hybridized carbons (Fsp3) is 0.556. The molecular weight excluding hydrogens is 232 g/mol. The Morgan fingerprint density at radius 1 is 1.60 bits per heavy atom. The van der Waals surface area contributed by atoms with Crippen molar-refractivity contribution < 1.29 is 8.42 Å². The molecule has 6 heteroatoms. The van der Waals surface area contributed by atoms with Crippen LogP contribution < -0.4 is 10.5 Å². The van der Waals surface area contributed by atoms with Gasteiger partial charge in [-0.05, 0) is 17.9 Å². The van der Waals surface area contributed by atoms with Crippen molar-refractivity contribution >= 4 is 21.4 Å². The van der Waals surface area contributed by atoms with Gasteiger partial charge in [-0.25, -0.2) is 13.1 Å². The number of sulfonamides is 1. The summed E-state index contributed by atoms with van der Waals surface area (Å²) in [5, 5.41) is 1.74. The van der Waals surface area contributed by atoms with Gasteiger partial charge in [0, 0.05) is 12.6 Å². The SMILES string of the molecule is CCCC(CN)NS(=O)(=O)c1cccs1. The largest absolute Gasteiger partial charge is 0.329 e. The molecule has 0 spiro atoms. The first-order chi connectivity index (χ1) is 7.10. The molecule has 0 fully saturated rings. The molecule has 0 saturated heterocycles. The Bertz CT molecular complexity index is 373. The molecule has 86 valence electrons. The molecule has 1 unspecified atom stereocenters. The minimum Gasteiger partial charge on any atom is -0.329 e. The molecule has 1 aromatic heterocycles. The second-order valence-corrected chi connectivity index (χ2v) is 6.16. The van der Waals surface area contributed by atoms with Crippen molar-refractivity contribution in [2.24, 2.45) is 5.73 Å². The van der Waals surface area contributed by atoms with Crippen LogP contribution in [0.4, 0.5) is 0 Å². The number of thiophene rings is 1. The van der Waals surface area contributed by atoms with E-state index in [1.807, 2.05) is 6.92 Å². The molecule has 0 bridgehead atoms. The molecule has 0 saturated carbocycles. The molecule has 3 N–H and O–H groups in total. The van der Waals surface area contributed by atoms with Gasteiger partial charge in [-0.15, -0.1) is 11.3 Å². The summed E-state index contributed by atoms with van der Waals surface area (Å²) in [7, 11) is -3.36. The predicted octanol–water partition coefficient (Wildman–Crippen LogP) is 1.15. The third kappa shape index (κ3) is 3.57. The average Bonchev–Trinajstić information content (AvgIpc) is 2.70. The summed E-state index contributed by atoms with van der Waals surface area (Å²) in [5.41, 5.74) is 5.50. The Kier molecular flexibility index (Phi) is 4.72. The monoisotopic (exact) mass is 248 g/mol. The van der Waals surface area contributed by atoms with Crippen LogP contribution in [0.15, 0.2) is 21.7 Å². The molecule has 0 amide bonds. The molecule has 0 radical (unpaired) electrons. The molecule has 1 atom stereocenters. The summed E-state index contributed by atoms with van der Waals surface area (Å²) in [6.45, 7) is 2.33. The third-order valence-corrected chi connectivity index (χ3v) is 4.92. The molecular formula is C9H16N2O2S2. The Morgan fingerprint density at radius 3 is 2.80 bits per heavy atom. The second kappa shape index (κ2) is 5.60. The van der Waals surface area contributed by atoms with Gasteiger partial charge in [0.15, 0.2) is 0 Å². The van der Waals surface area contributed by atoms with Crippen molar-refractivity contribution in [3.63, 3.8) is 0 Å². The quantitative estimate of drug-likeness (QED) is 0.793. The number of nitrogens with two attached hydrogens (primary N) is 1. The van der Waals surface area contributed by atoms with Crippen LogP contribution in [0.5, 0.6) is 0 Å². The zero-order valence-corrected chi connectivity index (χ0v) is 10.3. The fourth-order valence-electron chi connectivity index (χ4n) is 1.27. The summed E-state index contributed by atoms with van der Waals surface area (Å²) in [5.74, 6) is 0. The van der Waals surface area contributed by atoms with Crippen LogP contribution in [0.1, 0.15) is 19.8 Å². The van der Waals surface area contributed by atoms with Crippen molar-refractivity contribution in [1.29, 1.82) is 0 Å². The van der Waals surface area contributed by atoms with Crippen LogP contribution in [0.3, 0.4) is 0 Å². The van der Waals surface area contributed by atoms with E-state index in [2.05, 4.69) is 4.72 Å². The van der Waals surface area contributed by atoms with E-state index in [9.17, 15) is 8.42 Å². The molecule has 15 heavy (non-hydrogen) atoms. The van der Waals surface area contributed by atoms with Crippen molar-refractivity contribution in [2.75, 3.05) is 6.54 Å². The van der Waals surface area contributed by atoms with Crippen molar-refractivity contribution in [3.8, 4) is 0 Å². The van der Waals surface area contributed by atoms with Gasteiger partial charge in [-0.3, -0.25) is 0 Å². The topological polar surface area (TPSA) is 72.2 Å². The highest BCUT2D eigenvalue weighted by molar-refractivity contribution is 7.91. The van der Waals surface area contributed by atoms with E-state index >= 15 is 0 Å². The summed E-state index contributed by atoms with van der Waals surface area (Å²) in [6, 6.07) is 3.14. The van der Waals surface area contributed by atoms with Gasteiger partial charge in [0.05, 0.1) is 0 Å². The maximum Gasteiger partial charge on any atom is 0.250 e. The molecule has 1 rings (SSSR count). The van der Waals surface area contributed by atoms with Crippen molar-refractivity contribution in [2.45, 2.75) is 30.0 Å². The van der Waals surface area contributed by atoms with Gasteiger partial charge < -0.3 is 5.73 Å². The lowest BCUT2D eigenvalue weighted by molar-refractivity contribution is 0.528. The summed E-state index contributed by atoms with van der Waals surface area (Å²) in [4.78, 5) is 0. The van der Waals surface area contributed by atoms with Gasteiger partial charge in [0.1, 0.15) is 4.21 Å². The lowest BCUT2D eigenvalue weighted by atomic mass is 10.2. The van der Waals surface area contributed by atoms with Crippen molar-refractivity contribution in [3.05, 3.63) is 17.5 Å². The van der Waals surface area contributed by atoms with Crippen LogP contribution in [0.25, 0.3) is 0 Å². The zero-order valence-electron chi connectivity index (χ0n) is 8.64.